The third-order valence-electron chi connectivity index (χ3n) is 3.84. The van der Waals surface area contributed by atoms with Gasteiger partial charge in [0.1, 0.15) is 18.2 Å². The number of nitrogen functional groups attached to an aromatic ring is 1. The molecule has 112 valence electrons. The summed E-state index contributed by atoms with van der Waals surface area (Å²) in [5.74, 6) is 1.24. The van der Waals surface area contributed by atoms with Crippen LogP contribution in [-0.2, 0) is 12.0 Å². The Kier molecular flexibility index (Phi) is 4.73. The van der Waals surface area contributed by atoms with Crippen molar-refractivity contribution in [1.82, 2.24) is 4.98 Å². The zero-order chi connectivity index (χ0) is 15.5. The molecule has 0 fully saturated rings. The molecule has 0 atom stereocenters. The number of pyridine rings is 1. The second kappa shape index (κ2) is 6.35. The van der Waals surface area contributed by atoms with E-state index in [0.717, 1.165) is 12.2 Å². The molecule has 0 saturated heterocycles. The van der Waals surface area contributed by atoms with Crippen molar-refractivity contribution in [3.05, 3.63) is 52.7 Å². The lowest BCUT2D eigenvalue weighted by Gasteiger charge is -2.23. The van der Waals surface area contributed by atoms with Gasteiger partial charge in [0.2, 0.25) is 0 Å². The van der Waals surface area contributed by atoms with Crippen molar-refractivity contribution in [2.75, 3.05) is 5.73 Å². The van der Waals surface area contributed by atoms with Crippen molar-refractivity contribution < 1.29 is 4.74 Å². The average Bonchev–Trinajstić information content (AvgIpc) is 2.48. The van der Waals surface area contributed by atoms with E-state index in [1.807, 2.05) is 12.1 Å². The molecule has 0 spiro atoms. The third-order valence-corrected chi connectivity index (χ3v) is 4.18. The van der Waals surface area contributed by atoms with Crippen LogP contribution >= 0.6 is 11.6 Å². The molecule has 1 aromatic heterocycles. The van der Waals surface area contributed by atoms with Gasteiger partial charge in [0.05, 0.1) is 10.7 Å². The summed E-state index contributed by atoms with van der Waals surface area (Å²) in [6.45, 7) is 6.97. The first-order chi connectivity index (χ1) is 9.92. The van der Waals surface area contributed by atoms with E-state index in [2.05, 4.69) is 37.9 Å². The molecule has 2 N–H and O–H groups in total. The minimum absolute atomic E-state index is 0.178. The fraction of sp³-hybridized carbons (Fsp3) is 0.353. The quantitative estimate of drug-likeness (QED) is 0.879. The normalized spacial score (nSPS) is 11.4. The lowest BCUT2D eigenvalue weighted by atomic mass is 9.82. The van der Waals surface area contributed by atoms with Gasteiger partial charge in [-0.25, -0.2) is 4.98 Å². The fourth-order valence-corrected chi connectivity index (χ4v) is 2.12. The summed E-state index contributed by atoms with van der Waals surface area (Å²) in [6.07, 6.45) is 1.09. The minimum Gasteiger partial charge on any atom is -0.487 e. The predicted molar refractivity (Wildman–Crippen MR) is 87.8 cm³/mol. The van der Waals surface area contributed by atoms with Crippen LogP contribution in [0, 0.1) is 0 Å². The zero-order valence-corrected chi connectivity index (χ0v) is 13.4. The van der Waals surface area contributed by atoms with Crippen LogP contribution < -0.4 is 10.5 Å². The van der Waals surface area contributed by atoms with Gasteiger partial charge in [-0.3, -0.25) is 0 Å². The summed E-state index contributed by atoms with van der Waals surface area (Å²) >= 11 is 6.07. The molecule has 1 heterocycles. The van der Waals surface area contributed by atoms with Gasteiger partial charge < -0.3 is 10.5 Å². The predicted octanol–water partition coefficient (Wildman–Crippen LogP) is 4.58. The van der Waals surface area contributed by atoms with Gasteiger partial charge in [-0.15, -0.1) is 0 Å². The van der Waals surface area contributed by atoms with Crippen molar-refractivity contribution in [3.8, 4) is 5.75 Å². The maximum atomic E-state index is 6.07. The van der Waals surface area contributed by atoms with Crippen molar-refractivity contribution in [2.45, 2.75) is 39.2 Å². The second-order valence-electron chi connectivity index (χ2n) is 5.72. The van der Waals surface area contributed by atoms with Gasteiger partial charge in [0.15, 0.2) is 0 Å². The van der Waals surface area contributed by atoms with Crippen LogP contribution in [0.2, 0.25) is 5.02 Å². The Balaban J connectivity index is 2.06. The molecule has 0 radical (unpaired) electrons. The lowest BCUT2D eigenvalue weighted by Crippen LogP contribution is -2.15. The Labute approximate surface area is 131 Å². The van der Waals surface area contributed by atoms with Crippen LogP contribution in [-0.4, -0.2) is 4.98 Å². The highest BCUT2D eigenvalue weighted by Crippen LogP contribution is 2.28. The number of anilines is 1. The molecular formula is C17H21ClN2O. The first-order valence-electron chi connectivity index (χ1n) is 7.06. The monoisotopic (exact) mass is 304 g/mol. The molecule has 2 rings (SSSR count). The van der Waals surface area contributed by atoms with Crippen LogP contribution in [0.25, 0.3) is 0 Å². The number of hydrogen-bond donors (Lipinski definition) is 1. The summed E-state index contributed by atoms with van der Waals surface area (Å²) in [7, 11) is 0. The SMILES string of the molecule is CCC(C)(C)c1ccc(OCc2nc(N)ccc2Cl)cc1. The van der Waals surface area contributed by atoms with E-state index in [1.54, 1.807) is 12.1 Å². The molecule has 0 unspecified atom stereocenters. The Hall–Kier alpha value is -1.74. The Bertz CT molecular complexity index is 609. The topological polar surface area (TPSA) is 48.1 Å². The number of hydrogen-bond acceptors (Lipinski definition) is 3. The minimum atomic E-state index is 0.178. The first-order valence-corrected chi connectivity index (χ1v) is 7.44. The van der Waals surface area contributed by atoms with Crippen LogP contribution in [0.3, 0.4) is 0 Å². The smallest absolute Gasteiger partial charge is 0.132 e. The highest BCUT2D eigenvalue weighted by Gasteiger charge is 2.17. The number of halogens is 1. The van der Waals surface area contributed by atoms with E-state index in [0.29, 0.717) is 23.1 Å². The third kappa shape index (κ3) is 3.88. The number of aromatic nitrogens is 1. The highest BCUT2D eigenvalue weighted by atomic mass is 35.5. The summed E-state index contributed by atoms with van der Waals surface area (Å²) in [4.78, 5) is 4.18. The molecule has 0 amide bonds. The van der Waals surface area contributed by atoms with E-state index >= 15 is 0 Å². The standard InChI is InChI=1S/C17H21ClN2O/c1-4-17(2,3)12-5-7-13(8-6-12)21-11-15-14(18)9-10-16(19)20-15/h5-10H,4,11H2,1-3H3,(H2,19,20). The van der Waals surface area contributed by atoms with E-state index < -0.39 is 0 Å². The Morgan fingerprint density at radius 3 is 2.43 bits per heavy atom. The van der Waals surface area contributed by atoms with E-state index in [9.17, 15) is 0 Å². The molecule has 0 saturated carbocycles. The first kappa shape index (κ1) is 15.6. The maximum Gasteiger partial charge on any atom is 0.132 e. The van der Waals surface area contributed by atoms with Crippen LogP contribution in [0.1, 0.15) is 38.4 Å². The molecule has 0 aliphatic rings. The molecule has 1 aromatic carbocycles. The summed E-state index contributed by atoms with van der Waals surface area (Å²) in [5.41, 5.74) is 7.78. The van der Waals surface area contributed by atoms with Crippen molar-refractivity contribution in [2.24, 2.45) is 0 Å². The maximum absolute atomic E-state index is 6.07. The zero-order valence-electron chi connectivity index (χ0n) is 12.7. The lowest BCUT2D eigenvalue weighted by molar-refractivity contribution is 0.301. The van der Waals surface area contributed by atoms with Gasteiger partial charge >= 0.3 is 0 Å². The van der Waals surface area contributed by atoms with Crippen molar-refractivity contribution >= 4 is 17.4 Å². The van der Waals surface area contributed by atoms with Gasteiger partial charge in [0, 0.05) is 0 Å². The molecule has 0 aliphatic heterocycles. The largest absolute Gasteiger partial charge is 0.487 e. The summed E-state index contributed by atoms with van der Waals surface area (Å²) in [5, 5.41) is 0.563. The Morgan fingerprint density at radius 2 is 1.81 bits per heavy atom. The number of ether oxygens (including phenoxy) is 1. The number of benzene rings is 1. The van der Waals surface area contributed by atoms with Crippen LogP contribution in [0.15, 0.2) is 36.4 Å². The number of nitrogens with two attached hydrogens (primary N) is 1. The summed E-state index contributed by atoms with van der Waals surface area (Å²) in [6, 6.07) is 11.6. The second-order valence-corrected chi connectivity index (χ2v) is 6.12. The molecule has 21 heavy (non-hydrogen) atoms. The Morgan fingerprint density at radius 1 is 1.14 bits per heavy atom. The molecule has 4 heteroatoms. The van der Waals surface area contributed by atoms with Crippen molar-refractivity contribution in [3.63, 3.8) is 0 Å². The molecule has 3 nitrogen and oxygen atoms in total. The van der Waals surface area contributed by atoms with Gasteiger partial charge in [-0.2, -0.15) is 0 Å². The van der Waals surface area contributed by atoms with E-state index in [-0.39, 0.29) is 5.41 Å². The summed E-state index contributed by atoms with van der Waals surface area (Å²) < 4.78 is 5.73. The van der Waals surface area contributed by atoms with Gasteiger partial charge in [0.25, 0.3) is 0 Å². The molecular weight excluding hydrogens is 284 g/mol. The molecule has 2 aromatic rings. The number of rotatable bonds is 5. The van der Waals surface area contributed by atoms with E-state index in [4.69, 9.17) is 22.1 Å². The van der Waals surface area contributed by atoms with Gasteiger partial charge in [-0.1, -0.05) is 44.5 Å². The number of nitrogens with zero attached hydrogens (tertiary/aromatic N) is 1. The van der Waals surface area contributed by atoms with E-state index in [1.165, 1.54) is 5.56 Å². The molecule has 0 aliphatic carbocycles. The fourth-order valence-electron chi connectivity index (χ4n) is 1.96. The highest BCUT2D eigenvalue weighted by molar-refractivity contribution is 6.31. The van der Waals surface area contributed by atoms with Gasteiger partial charge in [-0.05, 0) is 41.7 Å². The van der Waals surface area contributed by atoms with Crippen molar-refractivity contribution in [1.29, 1.82) is 0 Å². The molecule has 0 bridgehead atoms. The average molecular weight is 305 g/mol. The van der Waals surface area contributed by atoms with Crippen LogP contribution in [0.5, 0.6) is 5.75 Å². The van der Waals surface area contributed by atoms with Crippen LogP contribution in [0.4, 0.5) is 5.82 Å².